The van der Waals surface area contributed by atoms with Crippen LogP contribution in [0, 0.1) is 0 Å². The molecule has 0 radical (unpaired) electrons. The van der Waals surface area contributed by atoms with E-state index in [4.69, 9.17) is 9.15 Å². The van der Waals surface area contributed by atoms with Crippen molar-refractivity contribution in [3.63, 3.8) is 0 Å². The molecular formula is C18H21N3O3. The standard InChI is InChI=1S/C18H21N3O3/c1-20(14-10-23-11-15(14)22)8-13-9-21(2)19-18(13)17-7-12-5-3-4-6-16(12)24-17/h3-7,9,14-15,22H,8,10-11H2,1-2H3/t14-,15-/m1/s1. The van der Waals surface area contributed by atoms with Crippen LogP contribution in [0.2, 0.25) is 0 Å². The van der Waals surface area contributed by atoms with E-state index in [9.17, 15) is 5.11 Å². The Labute approximate surface area is 140 Å². The lowest BCUT2D eigenvalue weighted by atomic mass is 10.1. The number of aryl methyl sites for hydroxylation is 1. The second kappa shape index (κ2) is 6.05. The number of hydrogen-bond donors (Lipinski definition) is 1. The first kappa shape index (κ1) is 15.4. The fourth-order valence-corrected chi connectivity index (χ4v) is 3.30. The molecule has 0 unspecified atom stereocenters. The zero-order valence-electron chi connectivity index (χ0n) is 13.8. The monoisotopic (exact) mass is 327 g/mol. The second-order valence-electron chi connectivity index (χ2n) is 6.41. The van der Waals surface area contributed by atoms with Gasteiger partial charge in [0.1, 0.15) is 11.3 Å². The molecule has 6 heteroatoms. The summed E-state index contributed by atoms with van der Waals surface area (Å²) in [4.78, 5) is 2.11. The summed E-state index contributed by atoms with van der Waals surface area (Å²) in [6, 6.07) is 9.98. The van der Waals surface area contributed by atoms with Crippen molar-refractivity contribution in [2.45, 2.75) is 18.7 Å². The van der Waals surface area contributed by atoms with E-state index in [1.807, 2.05) is 50.6 Å². The molecule has 1 fully saturated rings. The molecule has 0 bridgehead atoms. The van der Waals surface area contributed by atoms with Crippen molar-refractivity contribution in [2.24, 2.45) is 7.05 Å². The Balaban J connectivity index is 1.65. The van der Waals surface area contributed by atoms with E-state index in [0.29, 0.717) is 19.8 Å². The van der Waals surface area contributed by atoms with Crippen LogP contribution in [0.4, 0.5) is 0 Å². The molecule has 24 heavy (non-hydrogen) atoms. The Bertz CT molecular complexity index is 821. The van der Waals surface area contributed by atoms with Crippen molar-refractivity contribution in [1.82, 2.24) is 14.7 Å². The van der Waals surface area contributed by atoms with E-state index in [1.54, 1.807) is 4.68 Å². The molecule has 0 amide bonds. The van der Waals surface area contributed by atoms with Crippen molar-refractivity contribution in [2.75, 3.05) is 20.3 Å². The second-order valence-corrected chi connectivity index (χ2v) is 6.41. The Hall–Kier alpha value is -2.15. The van der Waals surface area contributed by atoms with Gasteiger partial charge in [0, 0.05) is 30.7 Å². The third kappa shape index (κ3) is 2.73. The van der Waals surface area contributed by atoms with Gasteiger partial charge in [-0.25, -0.2) is 0 Å². The van der Waals surface area contributed by atoms with Crippen molar-refractivity contribution in [3.05, 3.63) is 42.1 Å². The van der Waals surface area contributed by atoms with Crippen LogP contribution in [-0.4, -0.2) is 52.2 Å². The number of fused-ring (bicyclic) bond motifs is 1. The van der Waals surface area contributed by atoms with Crippen LogP contribution < -0.4 is 0 Å². The van der Waals surface area contributed by atoms with Crippen LogP contribution in [0.5, 0.6) is 0 Å². The zero-order chi connectivity index (χ0) is 16.7. The van der Waals surface area contributed by atoms with Gasteiger partial charge in [-0.05, 0) is 19.2 Å². The summed E-state index contributed by atoms with van der Waals surface area (Å²) in [7, 11) is 3.90. The molecule has 1 aromatic carbocycles. The Morgan fingerprint density at radius 1 is 1.33 bits per heavy atom. The first-order chi connectivity index (χ1) is 11.6. The van der Waals surface area contributed by atoms with Crippen LogP contribution in [-0.2, 0) is 18.3 Å². The van der Waals surface area contributed by atoms with Crippen LogP contribution in [0.15, 0.2) is 40.9 Å². The van der Waals surface area contributed by atoms with Crippen molar-refractivity contribution < 1.29 is 14.3 Å². The molecule has 1 aliphatic heterocycles. The smallest absolute Gasteiger partial charge is 0.156 e. The number of likely N-dealkylation sites (N-methyl/N-ethyl adjacent to an activating group) is 1. The Morgan fingerprint density at radius 2 is 2.17 bits per heavy atom. The lowest BCUT2D eigenvalue weighted by molar-refractivity contribution is 0.0926. The lowest BCUT2D eigenvalue weighted by Crippen LogP contribution is -2.39. The highest BCUT2D eigenvalue weighted by Gasteiger charge is 2.30. The minimum absolute atomic E-state index is 0.00808. The molecule has 0 spiro atoms. The van der Waals surface area contributed by atoms with Crippen LogP contribution in [0.3, 0.4) is 0 Å². The number of benzene rings is 1. The van der Waals surface area contributed by atoms with E-state index >= 15 is 0 Å². The molecule has 3 aromatic rings. The maximum absolute atomic E-state index is 10.0. The topological polar surface area (TPSA) is 63.7 Å². The van der Waals surface area contributed by atoms with Crippen LogP contribution in [0.25, 0.3) is 22.4 Å². The number of rotatable bonds is 4. The number of furan rings is 1. The molecule has 1 aliphatic rings. The maximum Gasteiger partial charge on any atom is 0.156 e. The SMILES string of the molecule is CN(Cc1cn(C)nc1-c1cc2ccccc2o1)[C@@H]1COC[C@H]1O. The fourth-order valence-electron chi connectivity index (χ4n) is 3.30. The molecular weight excluding hydrogens is 306 g/mol. The number of aromatic nitrogens is 2. The Morgan fingerprint density at radius 3 is 2.92 bits per heavy atom. The minimum Gasteiger partial charge on any atom is -0.454 e. The number of aliphatic hydroxyl groups excluding tert-OH is 1. The van der Waals surface area contributed by atoms with Crippen molar-refractivity contribution in [3.8, 4) is 11.5 Å². The third-order valence-electron chi connectivity index (χ3n) is 4.57. The molecule has 2 atom stereocenters. The average molecular weight is 327 g/mol. The fraction of sp³-hybridized carbons (Fsp3) is 0.389. The lowest BCUT2D eigenvalue weighted by Gasteiger charge is -2.25. The quantitative estimate of drug-likeness (QED) is 0.794. The first-order valence-corrected chi connectivity index (χ1v) is 8.09. The Kier molecular flexibility index (Phi) is 3.88. The van der Waals surface area contributed by atoms with E-state index in [0.717, 1.165) is 28.0 Å². The molecule has 1 saturated heterocycles. The zero-order valence-corrected chi connectivity index (χ0v) is 13.8. The van der Waals surface area contributed by atoms with Gasteiger partial charge in [-0.3, -0.25) is 9.58 Å². The number of para-hydroxylation sites is 1. The van der Waals surface area contributed by atoms with E-state index < -0.39 is 6.10 Å². The third-order valence-corrected chi connectivity index (χ3v) is 4.57. The number of ether oxygens (including phenoxy) is 1. The number of aliphatic hydroxyl groups is 1. The summed E-state index contributed by atoms with van der Waals surface area (Å²) in [6.45, 7) is 1.63. The van der Waals surface area contributed by atoms with Gasteiger partial charge in [-0.1, -0.05) is 18.2 Å². The van der Waals surface area contributed by atoms with E-state index in [-0.39, 0.29) is 6.04 Å². The van der Waals surface area contributed by atoms with E-state index in [2.05, 4.69) is 10.00 Å². The first-order valence-electron chi connectivity index (χ1n) is 8.09. The molecule has 2 aromatic heterocycles. The molecule has 1 N–H and O–H groups in total. The summed E-state index contributed by atoms with van der Waals surface area (Å²) in [5.41, 5.74) is 2.77. The highest BCUT2D eigenvalue weighted by atomic mass is 16.5. The summed E-state index contributed by atoms with van der Waals surface area (Å²) in [5.74, 6) is 0.767. The number of hydrogen-bond acceptors (Lipinski definition) is 5. The maximum atomic E-state index is 10.0. The minimum atomic E-state index is -0.443. The van der Waals surface area contributed by atoms with E-state index in [1.165, 1.54) is 0 Å². The van der Waals surface area contributed by atoms with Gasteiger partial charge < -0.3 is 14.3 Å². The van der Waals surface area contributed by atoms with Gasteiger partial charge in [0.2, 0.25) is 0 Å². The van der Waals surface area contributed by atoms with Gasteiger partial charge in [-0.2, -0.15) is 5.10 Å². The molecule has 4 rings (SSSR count). The molecule has 0 aliphatic carbocycles. The van der Waals surface area contributed by atoms with Crippen LogP contribution in [0.1, 0.15) is 5.56 Å². The van der Waals surface area contributed by atoms with Gasteiger partial charge in [0.05, 0.1) is 25.4 Å². The molecule has 6 nitrogen and oxygen atoms in total. The molecule has 0 saturated carbocycles. The van der Waals surface area contributed by atoms with Crippen LogP contribution >= 0.6 is 0 Å². The van der Waals surface area contributed by atoms with Crippen molar-refractivity contribution in [1.29, 1.82) is 0 Å². The van der Waals surface area contributed by atoms with Gasteiger partial charge in [0.15, 0.2) is 5.76 Å². The van der Waals surface area contributed by atoms with Gasteiger partial charge >= 0.3 is 0 Å². The van der Waals surface area contributed by atoms with Crippen molar-refractivity contribution >= 4 is 11.0 Å². The average Bonchev–Trinajstić information content (AvgIpc) is 3.24. The molecule has 126 valence electrons. The highest BCUT2D eigenvalue weighted by molar-refractivity contribution is 5.82. The summed E-state index contributed by atoms with van der Waals surface area (Å²) < 4.78 is 13.1. The highest BCUT2D eigenvalue weighted by Crippen LogP contribution is 2.30. The number of nitrogens with zero attached hydrogens (tertiary/aromatic N) is 3. The largest absolute Gasteiger partial charge is 0.454 e. The molecule has 3 heterocycles. The normalized spacial score (nSPS) is 21.2. The van der Waals surface area contributed by atoms with Gasteiger partial charge in [-0.15, -0.1) is 0 Å². The predicted molar refractivity (Wildman–Crippen MR) is 90.5 cm³/mol. The van der Waals surface area contributed by atoms with Gasteiger partial charge in [0.25, 0.3) is 0 Å². The predicted octanol–water partition coefficient (Wildman–Crippen LogP) is 2.02. The summed E-state index contributed by atoms with van der Waals surface area (Å²) >= 11 is 0. The summed E-state index contributed by atoms with van der Waals surface area (Å²) in [5, 5.41) is 15.7. The summed E-state index contributed by atoms with van der Waals surface area (Å²) in [6.07, 6.45) is 1.56.